The lowest BCUT2D eigenvalue weighted by molar-refractivity contribution is -0.147. The molecule has 0 radical (unpaired) electrons. The second kappa shape index (κ2) is 6.59. The second-order valence-electron chi connectivity index (χ2n) is 5.53. The largest absolute Gasteiger partial charge is 0.460 e. The van der Waals surface area contributed by atoms with Crippen molar-refractivity contribution in [3.63, 3.8) is 0 Å². The maximum atomic E-state index is 12.0. The van der Waals surface area contributed by atoms with Crippen LogP contribution in [-0.2, 0) is 14.3 Å². The molecule has 1 aliphatic rings. The van der Waals surface area contributed by atoms with Crippen molar-refractivity contribution in [3.8, 4) is 0 Å². The zero-order chi connectivity index (χ0) is 14.5. The molecule has 0 N–H and O–H groups in total. The van der Waals surface area contributed by atoms with Gasteiger partial charge in [0.1, 0.15) is 18.2 Å². The minimum atomic E-state index is -0.556. The molecular weight excluding hydrogens is 246 g/mol. The minimum absolute atomic E-state index is 0.244. The number of amides is 1. The lowest BCUT2D eigenvalue weighted by atomic mass is 10.2. The van der Waals surface area contributed by atoms with Crippen molar-refractivity contribution in [1.29, 1.82) is 0 Å². The van der Waals surface area contributed by atoms with E-state index in [0.29, 0.717) is 13.0 Å². The molecule has 1 amide bonds. The summed E-state index contributed by atoms with van der Waals surface area (Å²) >= 11 is 0. The maximum Gasteiger partial charge on any atom is 0.411 e. The summed E-state index contributed by atoms with van der Waals surface area (Å²) in [5, 5.41) is 0. The summed E-state index contributed by atoms with van der Waals surface area (Å²) in [6, 6.07) is -0.514. The summed E-state index contributed by atoms with van der Waals surface area (Å²) in [6.45, 7) is 8.06. The Bertz CT molecular complexity index is 357. The molecule has 1 saturated heterocycles. The molecule has 1 rings (SSSR count). The molecule has 0 aromatic rings. The van der Waals surface area contributed by atoms with Crippen molar-refractivity contribution in [2.24, 2.45) is 0 Å². The molecule has 1 aliphatic heterocycles. The van der Waals surface area contributed by atoms with Crippen LogP contribution in [-0.4, -0.2) is 41.8 Å². The zero-order valence-electron chi connectivity index (χ0n) is 12.1. The third-order valence-electron chi connectivity index (χ3n) is 2.71. The van der Waals surface area contributed by atoms with Gasteiger partial charge in [-0.15, -0.1) is 0 Å². The van der Waals surface area contributed by atoms with E-state index < -0.39 is 17.7 Å². The van der Waals surface area contributed by atoms with Crippen molar-refractivity contribution in [3.05, 3.63) is 12.2 Å². The van der Waals surface area contributed by atoms with Crippen molar-refractivity contribution in [2.75, 3.05) is 13.2 Å². The van der Waals surface area contributed by atoms with Gasteiger partial charge in [-0.05, 0) is 40.5 Å². The molecular formula is C14H23NO4. The first kappa shape index (κ1) is 15.5. The zero-order valence-corrected chi connectivity index (χ0v) is 12.1. The van der Waals surface area contributed by atoms with E-state index in [1.165, 1.54) is 4.90 Å². The molecule has 5 heteroatoms. The number of esters is 1. The number of nitrogens with zero attached hydrogens (tertiary/aromatic N) is 1. The number of hydrogen-bond acceptors (Lipinski definition) is 4. The third kappa shape index (κ3) is 4.93. The van der Waals surface area contributed by atoms with E-state index in [9.17, 15) is 9.59 Å². The van der Waals surface area contributed by atoms with Gasteiger partial charge in [0.2, 0.25) is 0 Å². The fraction of sp³-hybridized carbons (Fsp3) is 0.714. The van der Waals surface area contributed by atoms with Gasteiger partial charge >= 0.3 is 12.1 Å². The fourth-order valence-corrected chi connectivity index (χ4v) is 1.87. The Labute approximate surface area is 114 Å². The van der Waals surface area contributed by atoms with Crippen LogP contribution < -0.4 is 0 Å². The van der Waals surface area contributed by atoms with Crippen LogP contribution in [0.25, 0.3) is 0 Å². The maximum absolute atomic E-state index is 12.0. The molecule has 0 aliphatic carbocycles. The predicted molar refractivity (Wildman–Crippen MR) is 71.7 cm³/mol. The summed E-state index contributed by atoms with van der Waals surface area (Å²) in [5.74, 6) is -0.360. The molecule has 0 aromatic carbocycles. The highest BCUT2D eigenvalue weighted by Crippen LogP contribution is 2.21. The van der Waals surface area contributed by atoms with Crippen LogP contribution >= 0.6 is 0 Å². The molecule has 0 bridgehead atoms. The van der Waals surface area contributed by atoms with E-state index in [1.807, 2.05) is 13.0 Å². The standard InChI is InChI=1S/C14H23NO4/c1-5-6-10-18-12(16)11-8-7-9-15(11)13(17)19-14(2,3)4/h5-6,11H,7-10H2,1-4H3/b6-5+. The fourth-order valence-electron chi connectivity index (χ4n) is 1.87. The predicted octanol–water partition coefficient (Wildman–Crippen LogP) is 2.51. The first-order chi connectivity index (χ1) is 8.85. The average Bonchev–Trinajstić information content (AvgIpc) is 2.75. The number of rotatable bonds is 3. The van der Waals surface area contributed by atoms with Crippen LogP contribution in [0.1, 0.15) is 40.5 Å². The highest BCUT2D eigenvalue weighted by molar-refractivity contribution is 5.82. The summed E-state index contributed by atoms with van der Waals surface area (Å²) in [7, 11) is 0. The van der Waals surface area contributed by atoms with E-state index in [4.69, 9.17) is 9.47 Å². The SMILES string of the molecule is C/C=C/COC(=O)C1CCCN1C(=O)OC(C)(C)C. The van der Waals surface area contributed by atoms with Crippen LogP contribution in [0.4, 0.5) is 4.79 Å². The number of allylic oxidation sites excluding steroid dienone is 1. The Hall–Kier alpha value is -1.52. The average molecular weight is 269 g/mol. The lowest BCUT2D eigenvalue weighted by Gasteiger charge is -2.27. The van der Waals surface area contributed by atoms with Gasteiger partial charge in [0.25, 0.3) is 0 Å². The number of carbonyl (C=O) groups is 2. The third-order valence-corrected chi connectivity index (χ3v) is 2.71. The van der Waals surface area contributed by atoms with Gasteiger partial charge in [-0.2, -0.15) is 0 Å². The molecule has 1 heterocycles. The van der Waals surface area contributed by atoms with Gasteiger partial charge in [-0.25, -0.2) is 9.59 Å². The Morgan fingerprint density at radius 2 is 2.05 bits per heavy atom. The Kier molecular flexibility index (Phi) is 5.39. The normalized spacial score (nSPS) is 19.8. The quantitative estimate of drug-likeness (QED) is 0.583. The summed E-state index contributed by atoms with van der Waals surface area (Å²) in [6.07, 6.45) is 4.55. The molecule has 1 atom stereocenters. The summed E-state index contributed by atoms with van der Waals surface area (Å²) in [4.78, 5) is 25.3. The van der Waals surface area contributed by atoms with Crippen molar-refractivity contribution in [2.45, 2.75) is 52.2 Å². The Balaban J connectivity index is 2.58. The van der Waals surface area contributed by atoms with Gasteiger partial charge in [0, 0.05) is 6.54 Å². The van der Waals surface area contributed by atoms with Gasteiger partial charge < -0.3 is 9.47 Å². The highest BCUT2D eigenvalue weighted by Gasteiger charge is 2.37. The molecule has 0 spiro atoms. The minimum Gasteiger partial charge on any atom is -0.460 e. The second-order valence-corrected chi connectivity index (χ2v) is 5.53. The molecule has 0 saturated carbocycles. The van der Waals surface area contributed by atoms with Gasteiger partial charge in [-0.1, -0.05) is 12.2 Å². The van der Waals surface area contributed by atoms with E-state index in [1.54, 1.807) is 26.8 Å². The Morgan fingerprint density at radius 1 is 1.37 bits per heavy atom. The molecule has 19 heavy (non-hydrogen) atoms. The van der Waals surface area contributed by atoms with Crippen molar-refractivity contribution >= 4 is 12.1 Å². The number of carbonyl (C=O) groups excluding carboxylic acids is 2. The Morgan fingerprint density at radius 3 is 2.63 bits per heavy atom. The van der Waals surface area contributed by atoms with Gasteiger partial charge in [-0.3, -0.25) is 4.90 Å². The van der Waals surface area contributed by atoms with E-state index in [0.717, 1.165) is 6.42 Å². The topological polar surface area (TPSA) is 55.8 Å². The summed E-state index contributed by atoms with van der Waals surface area (Å²) in [5.41, 5.74) is -0.556. The number of hydrogen-bond donors (Lipinski definition) is 0. The van der Waals surface area contributed by atoms with Gasteiger partial charge in [0.15, 0.2) is 0 Å². The molecule has 5 nitrogen and oxygen atoms in total. The van der Waals surface area contributed by atoms with Gasteiger partial charge in [0.05, 0.1) is 0 Å². The molecule has 1 unspecified atom stereocenters. The van der Waals surface area contributed by atoms with Crippen LogP contribution in [0, 0.1) is 0 Å². The molecule has 1 fully saturated rings. The monoisotopic (exact) mass is 269 g/mol. The number of likely N-dealkylation sites (tertiary alicyclic amines) is 1. The molecule has 108 valence electrons. The van der Waals surface area contributed by atoms with Crippen LogP contribution in [0.2, 0.25) is 0 Å². The van der Waals surface area contributed by atoms with E-state index in [-0.39, 0.29) is 12.6 Å². The van der Waals surface area contributed by atoms with Crippen LogP contribution in [0.15, 0.2) is 12.2 Å². The van der Waals surface area contributed by atoms with Crippen LogP contribution in [0.3, 0.4) is 0 Å². The van der Waals surface area contributed by atoms with E-state index >= 15 is 0 Å². The first-order valence-corrected chi connectivity index (χ1v) is 6.62. The summed E-state index contributed by atoms with van der Waals surface area (Å²) < 4.78 is 10.4. The lowest BCUT2D eigenvalue weighted by Crippen LogP contribution is -2.44. The van der Waals surface area contributed by atoms with E-state index in [2.05, 4.69) is 0 Å². The smallest absolute Gasteiger partial charge is 0.411 e. The van der Waals surface area contributed by atoms with Crippen molar-refractivity contribution in [1.82, 2.24) is 4.90 Å². The van der Waals surface area contributed by atoms with Crippen molar-refractivity contribution < 1.29 is 19.1 Å². The number of ether oxygens (including phenoxy) is 2. The van der Waals surface area contributed by atoms with Crippen LogP contribution in [0.5, 0.6) is 0 Å². The molecule has 0 aromatic heterocycles. The highest BCUT2D eigenvalue weighted by atomic mass is 16.6. The first-order valence-electron chi connectivity index (χ1n) is 6.62.